The maximum atomic E-state index is 13.0. The van der Waals surface area contributed by atoms with E-state index in [-0.39, 0.29) is 17.4 Å². The van der Waals surface area contributed by atoms with Crippen molar-refractivity contribution in [1.82, 2.24) is 15.1 Å². The number of nitrogens with zero attached hydrogens (tertiary/aromatic N) is 3. The summed E-state index contributed by atoms with van der Waals surface area (Å²) in [7, 11) is 1.61. The molecule has 1 aliphatic rings. The Labute approximate surface area is 211 Å². The number of rotatable bonds is 9. The lowest BCUT2D eigenvalue weighted by Crippen LogP contribution is -2.43. The lowest BCUT2D eigenvalue weighted by molar-refractivity contribution is -0.125. The average Bonchev–Trinajstić information content (AvgIpc) is 2.93. The van der Waals surface area contributed by atoms with Gasteiger partial charge in [0.2, 0.25) is 5.91 Å². The summed E-state index contributed by atoms with van der Waals surface area (Å²) in [5.74, 6) is 1.89. The van der Waals surface area contributed by atoms with Gasteiger partial charge < -0.3 is 19.7 Å². The fourth-order valence-electron chi connectivity index (χ4n) is 4.46. The molecule has 8 heteroatoms. The number of aryl methyl sites for hydroxylation is 1. The number of methoxy groups -OCH3 is 1. The maximum Gasteiger partial charge on any atom is 0.271 e. The molecule has 190 valence electrons. The number of carbonyl (C=O) groups excluding carboxylic acids is 1. The number of aromatic nitrogens is 2. The van der Waals surface area contributed by atoms with Crippen LogP contribution in [0.4, 0.5) is 5.82 Å². The van der Waals surface area contributed by atoms with Crippen LogP contribution in [0.1, 0.15) is 37.8 Å². The number of nitrogens with one attached hydrogen (secondary N) is 1. The van der Waals surface area contributed by atoms with Gasteiger partial charge in [-0.3, -0.25) is 9.59 Å². The van der Waals surface area contributed by atoms with E-state index in [1.807, 2.05) is 49.4 Å². The van der Waals surface area contributed by atoms with Crippen molar-refractivity contribution in [3.8, 4) is 17.2 Å². The van der Waals surface area contributed by atoms with E-state index in [0.717, 1.165) is 37.1 Å². The molecule has 1 atom stereocenters. The van der Waals surface area contributed by atoms with Crippen LogP contribution in [0.25, 0.3) is 5.69 Å². The standard InChI is InChI=1S/C28H34N4O4/c1-4-20-8-11-23(12-9-20)32-27(33)15-14-26(30-32)31-16-6-7-22(19-31)28(34)29-18-21-10-13-24(36-5-2)25(17-21)35-3/h8-15,17,22H,4-7,16,18-19H2,1-3H3,(H,29,34). The highest BCUT2D eigenvalue weighted by molar-refractivity contribution is 5.79. The van der Waals surface area contributed by atoms with Crippen LogP contribution in [-0.2, 0) is 17.8 Å². The summed E-state index contributed by atoms with van der Waals surface area (Å²) < 4.78 is 12.4. The monoisotopic (exact) mass is 490 g/mol. The minimum absolute atomic E-state index is 0.0102. The molecular weight excluding hydrogens is 456 g/mol. The molecule has 1 saturated heterocycles. The molecule has 1 fully saturated rings. The molecule has 8 nitrogen and oxygen atoms in total. The number of benzene rings is 2. The molecule has 2 heterocycles. The summed E-state index contributed by atoms with van der Waals surface area (Å²) in [6, 6.07) is 16.8. The summed E-state index contributed by atoms with van der Waals surface area (Å²) in [4.78, 5) is 27.6. The second-order valence-electron chi connectivity index (χ2n) is 8.88. The molecule has 0 bridgehead atoms. The van der Waals surface area contributed by atoms with Gasteiger partial charge in [-0.2, -0.15) is 4.68 Å². The molecule has 1 amide bonds. The molecule has 36 heavy (non-hydrogen) atoms. The van der Waals surface area contributed by atoms with Crippen LogP contribution in [0.5, 0.6) is 11.5 Å². The second kappa shape index (κ2) is 11.7. The SMILES string of the molecule is CCOc1ccc(CNC(=O)C2CCCN(c3ccc(=O)n(-c4ccc(CC)cc4)n3)C2)cc1OC. The normalized spacial score (nSPS) is 15.4. The fourth-order valence-corrected chi connectivity index (χ4v) is 4.46. The van der Waals surface area contributed by atoms with Crippen molar-refractivity contribution in [2.24, 2.45) is 5.92 Å². The van der Waals surface area contributed by atoms with Gasteiger partial charge in [0.1, 0.15) is 5.82 Å². The van der Waals surface area contributed by atoms with Crippen LogP contribution in [0, 0.1) is 5.92 Å². The molecule has 1 aromatic heterocycles. The molecule has 1 N–H and O–H groups in total. The lowest BCUT2D eigenvalue weighted by atomic mass is 9.97. The van der Waals surface area contributed by atoms with Gasteiger partial charge in [0, 0.05) is 25.7 Å². The fraction of sp³-hybridized carbons (Fsp3) is 0.393. The van der Waals surface area contributed by atoms with Crippen molar-refractivity contribution in [2.75, 3.05) is 31.7 Å². The van der Waals surface area contributed by atoms with Gasteiger partial charge in [0.05, 0.1) is 25.3 Å². The smallest absolute Gasteiger partial charge is 0.271 e. The highest BCUT2D eigenvalue weighted by Gasteiger charge is 2.27. The minimum atomic E-state index is -0.180. The van der Waals surface area contributed by atoms with Crippen LogP contribution in [0.2, 0.25) is 0 Å². The van der Waals surface area contributed by atoms with E-state index in [1.165, 1.54) is 10.2 Å². The van der Waals surface area contributed by atoms with E-state index in [9.17, 15) is 9.59 Å². The molecule has 0 saturated carbocycles. The van der Waals surface area contributed by atoms with Crippen molar-refractivity contribution in [2.45, 2.75) is 39.7 Å². The highest BCUT2D eigenvalue weighted by Crippen LogP contribution is 2.28. The largest absolute Gasteiger partial charge is 0.493 e. The molecule has 1 unspecified atom stereocenters. The molecule has 0 aliphatic carbocycles. The van der Waals surface area contributed by atoms with Gasteiger partial charge >= 0.3 is 0 Å². The average molecular weight is 491 g/mol. The van der Waals surface area contributed by atoms with Crippen LogP contribution in [-0.4, -0.2) is 42.5 Å². The van der Waals surface area contributed by atoms with Gasteiger partial charge in [0.25, 0.3) is 5.56 Å². The second-order valence-corrected chi connectivity index (χ2v) is 8.88. The van der Waals surface area contributed by atoms with Crippen molar-refractivity contribution in [3.63, 3.8) is 0 Å². The number of carbonyl (C=O) groups is 1. The minimum Gasteiger partial charge on any atom is -0.493 e. The number of hydrogen-bond acceptors (Lipinski definition) is 6. The number of anilines is 1. The Hall–Kier alpha value is -3.81. The maximum absolute atomic E-state index is 13.0. The molecule has 0 spiro atoms. The van der Waals surface area contributed by atoms with Crippen LogP contribution in [0.15, 0.2) is 59.4 Å². The van der Waals surface area contributed by atoms with Crippen molar-refractivity contribution in [1.29, 1.82) is 0 Å². The Kier molecular flexibility index (Phi) is 8.25. The highest BCUT2D eigenvalue weighted by atomic mass is 16.5. The third-order valence-corrected chi connectivity index (χ3v) is 6.49. The van der Waals surface area contributed by atoms with Crippen molar-refractivity contribution < 1.29 is 14.3 Å². The molecule has 3 aromatic rings. The molecular formula is C28H34N4O4. The third-order valence-electron chi connectivity index (χ3n) is 6.49. The Bertz CT molecular complexity index is 1240. The van der Waals surface area contributed by atoms with Gasteiger partial charge in [-0.25, -0.2) is 0 Å². The lowest BCUT2D eigenvalue weighted by Gasteiger charge is -2.33. The first-order chi connectivity index (χ1) is 17.5. The summed E-state index contributed by atoms with van der Waals surface area (Å²) in [5, 5.41) is 7.69. The first-order valence-electron chi connectivity index (χ1n) is 12.5. The zero-order chi connectivity index (χ0) is 25.5. The van der Waals surface area contributed by atoms with Crippen LogP contribution in [0.3, 0.4) is 0 Å². The first kappa shape index (κ1) is 25.3. The van der Waals surface area contributed by atoms with Gasteiger partial charge in [-0.1, -0.05) is 25.1 Å². The third kappa shape index (κ3) is 5.87. The summed E-state index contributed by atoms with van der Waals surface area (Å²) in [6.45, 7) is 6.34. The number of ether oxygens (including phenoxy) is 2. The molecule has 1 aliphatic heterocycles. The Balaban J connectivity index is 1.42. The van der Waals surface area contributed by atoms with E-state index in [0.29, 0.717) is 37.0 Å². The zero-order valence-corrected chi connectivity index (χ0v) is 21.2. The van der Waals surface area contributed by atoms with Crippen LogP contribution >= 0.6 is 0 Å². The van der Waals surface area contributed by atoms with E-state index in [2.05, 4.69) is 22.2 Å². The Morgan fingerprint density at radius 3 is 2.56 bits per heavy atom. The predicted octanol–water partition coefficient (Wildman–Crippen LogP) is 3.74. The Morgan fingerprint density at radius 1 is 1.06 bits per heavy atom. The zero-order valence-electron chi connectivity index (χ0n) is 21.2. The number of hydrogen-bond donors (Lipinski definition) is 1. The van der Waals surface area contributed by atoms with Crippen molar-refractivity contribution in [3.05, 3.63) is 76.1 Å². The van der Waals surface area contributed by atoms with Gasteiger partial charge in [-0.05, 0) is 67.6 Å². The summed E-state index contributed by atoms with van der Waals surface area (Å²) in [5.41, 5.74) is 2.70. The topological polar surface area (TPSA) is 85.7 Å². The predicted molar refractivity (Wildman–Crippen MR) is 140 cm³/mol. The quantitative estimate of drug-likeness (QED) is 0.492. The number of piperidine rings is 1. The summed E-state index contributed by atoms with van der Waals surface area (Å²) in [6.07, 6.45) is 2.63. The molecule has 0 radical (unpaired) electrons. The van der Waals surface area contributed by atoms with Crippen molar-refractivity contribution >= 4 is 11.7 Å². The first-order valence-corrected chi connectivity index (χ1v) is 12.5. The van der Waals surface area contributed by atoms with E-state index in [4.69, 9.17) is 9.47 Å². The van der Waals surface area contributed by atoms with Gasteiger partial charge in [0.15, 0.2) is 11.5 Å². The van der Waals surface area contributed by atoms with E-state index >= 15 is 0 Å². The van der Waals surface area contributed by atoms with E-state index in [1.54, 1.807) is 19.2 Å². The van der Waals surface area contributed by atoms with Crippen LogP contribution < -0.4 is 25.2 Å². The van der Waals surface area contributed by atoms with Gasteiger partial charge in [-0.15, -0.1) is 5.10 Å². The summed E-state index contributed by atoms with van der Waals surface area (Å²) >= 11 is 0. The van der Waals surface area contributed by atoms with E-state index < -0.39 is 0 Å². The Morgan fingerprint density at radius 2 is 1.83 bits per heavy atom. The number of amides is 1. The molecule has 4 rings (SSSR count). The molecule has 2 aromatic carbocycles.